The molecule has 5 nitrogen and oxygen atoms in total. The first kappa shape index (κ1) is 20.6. The number of aromatic nitrogens is 1. The molecule has 0 radical (unpaired) electrons. The number of hydrogen-bond acceptors (Lipinski definition) is 5. The Balaban J connectivity index is 2.34. The lowest BCUT2D eigenvalue weighted by Crippen LogP contribution is -2.25. The first-order chi connectivity index (χ1) is 12.7. The topological polar surface area (TPSA) is 63.3 Å². The molecule has 0 amide bonds. The maximum Gasteiger partial charge on any atom is 0.186 e. The molecule has 0 saturated heterocycles. The lowest BCUT2D eigenvalue weighted by Gasteiger charge is -2.21. The Bertz CT molecular complexity index is 688. The Kier molecular flexibility index (Phi) is 8.29. The molecule has 2 N–H and O–H groups in total. The van der Waals surface area contributed by atoms with Gasteiger partial charge in [-0.15, -0.1) is 0 Å². The van der Waals surface area contributed by atoms with Gasteiger partial charge < -0.3 is 9.64 Å². The van der Waals surface area contributed by atoms with E-state index in [1.807, 2.05) is 12.1 Å². The van der Waals surface area contributed by atoms with Crippen molar-refractivity contribution in [1.29, 1.82) is 0 Å². The molecule has 144 valence electrons. The van der Waals surface area contributed by atoms with Gasteiger partial charge in [-0.1, -0.05) is 51.9 Å². The average molecular weight is 378 g/mol. The SMILES string of the molecule is CCCCN(CCCC)c1nc2cc(OC(CC)CC)c(N=[NH2+])cc2s1. The van der Waals surface area contributed by atoms with E-state index in [4.69, 9.17) is 15.3 Å². The second kappa shape index (κ2) is 10.5. The van der Waals surface area contributed by atoms with Gasteiger partial charge in [-0.2, -0.15) is 5.53 Å². The molecule has 0 aliphatic carbocycles. The van der Waals surface area contributed by atoms with Crippen molar-refractivity contribution >= 4 is 32.4 Å². The van der Waals surface area contributed by atoms with Crippen LogP contribution >= 0.6 is 11.3 Å². The van der Waals surface area contributed by atoms with Crippen molar-refractivity contribution in [3.05, 3.63) is 12.1 Å². The Labute approximate surface area is 161 Å². The van der Waals surface area contributed by atoms with Crippen molar-refractivity contribution in [3.63, 3.8) is 0 Å². The lowest BCUT2D eigenvalue weighted by molar-refractivity contribution is -0.210. The van der Waals surface area contributed by atoms with Crippen LogP contribution < -0.4 is 15.2 Å². The summed E-state index contributed by atoms with van der Waals surface area (Å²) >= 11 is 1.72. The third-order valence-corrected chi connectivity index (χ3v) is 5.71. The molecule has 0 spiro atoms. The summed E-state index contributed by atoms with van der Waals surface area (Å²) in [6, 6.07) is 4.00. The number of unbranched alkanes of at least 4 members (excludes halogenated alkanes) is 2. The van der Waals surface area contributed by atoms with E-state index in [2.05, 4.69) is 37.7 Å². The minimum atomic E-state index is 0.177. The first-order valence-corrected chi connectivity index (χ1v) is 10.7. The zero-order valence-corrected chi connectivity index (χ0v) is 17.4. The Hall–Kier alpha value is -1.69. The van der Waals surface area contributed by atoms with Crippen LogP contribution in [0.4, 0.5) is 10.8 Å². The highest BCUT2D eigenvalue weighted by atomic mass is 32.1. The molecule has 1 heterocycles. The van der Waals surface area contributed by atoms with Crippen molar-refractivity contribution in [2.24, 2.45) is 5.11 Å². The number of nitrogens with two attached hydrogens (primary N) is 1. The van der Waals surface area contributed by atoms with Crippen LogP contribution in [-0.2, 0) is 0 Å². The molecular formula is C20H33N4OS+. The van der Waals surface area contributed by atoms with E-state index in [0.717, 1.165) is 47.0 Å². The fourth-order valence-corrected chi connectivity index (χ4v) is 3.93. The highest BCUT2D eigenvalue weighted by Crippen LogP contribution is 2.38. The minimum absolute atomic E-state index is 0.177. The van der Waals surface area contributed by atoms with Crippen LogP contribution in [0, 0.1) is 0 Å². The van der Waals surface area contributed by atoms with Crippen LogP contribution in [0.25, 0.3) is 10.2 Å². The van der Waals surface area contributed by atoms with E-state index < -0.39 is 0 Å². The van der Waals surface area contributed by atoms with Crippen LogP contribution in [-0.4, -0.2) is 24.2 Å². The molecule has 0 aliphatic heterocycles. The van der Waals surface area contributed by atoms with Gasteiger partial charge >= 0.3 is 0 Å². The molecule has 1 aromatic carbocycles. The average Bonchev–Trinajstić information content (AvgIpc) is 3.07. The third kappa shape index (κ3) is 5.16. The number of anilines is 1. The van der Waals surface area contributed by atoms with Gasteiger partial charge in [0.1, 0.15) is 0 Å². The summed E-state index contributed by atoms with van der Waals surface area (Å²) in [5.74, 6) is 0.735. The van der Waals surface area contributed by atoms with Gasteiger partial charge in [0.15, 0.2) is 16.6 Å². The summed E-state index contributed by atoms with van der Waals surface area (Å²) in [5, 5.41) is 5.02. The molecule has 1 aromatic heterocycles. The van der Waals surface area contributed by atoms with Crippen LogP contribution in [0.3, 0.4) is 0 Å². The zero-order chi connectivity index (χ0) is 18.9. The van der Waals surface area contributed by atoms with E-state index in [-0.39, 0.29) is 6.10 Å². The maximum absolute atomic E-state index is 6.12. The molecule has 2 aromatic rings. The van der Waals surface area contributed by atoms with Crippen molar-refractivity contribution < 1.29 is 10.3 Å². The smallest absolute Gasteiger partial charge is 0.186 e. The summed E-state index contributed by atoms with van der Waals surface area (Å²) in [4.78, 5) is 7.31. The van der Waals surface area contributed by atoms with Crippen molar-refractivity contribution in [2.45, 2.75) is 72.3 Å². The molecule has 0 bridgehead atoms. The predicted octanol–water partition coefficient (Wildman–Crippen LogP) is 5.11. The Morgan fingerprint density at radius 1 is 1.12 bits per heavy atom. The number of rotatable bonds is 12. The summed E-state index contributed by atoms with van der Waals surface area (Å²) in [7, 11) is 0. The molecule has 2 rings (SSSR count). The third-order valence-electron chi connectivity index (χ3n) is 4.63. The van der Waals surface area contributed by atoms with Gasteiger partial charge in [-0.25, -0.2) is 4.98 Å². The van der Waals surface area contributed by atoms with Gasteiger partial charge in [0.2, 0.25) is 0 Å². The first-order valence-electron chi connectivity index (χ1n) is 9.93. The highest BCUT2D eigenvalue weighted by Gasteiger charge is 2.17. The van der Waals surface area contributed by atoms with Gasteiger partial charge in [-0.3, -0.25) is 0 Å². The van der Waals surface area contributed by atoms with Crippen molar-refractivity contribution in [2.75, 3.05) is 18.0 Å². The van der Waals surface area contributed by atoms with E-state index in [1.54, 1.807) is 11.3 Å². The summed E-state index contributed by atoms with van der Waals surface area (Å²) < 4.78 is 7.23. The van der Waals surface area contributed by atoms with Crippen LogP contribution in [0.15, 0.2) is 17.2 Å². The molecule has 0 saturated carbocycles. The van der Waals surface area contributed by atoms with Gasteiger partial charge in [0.05, 0.1) is 16.3 Å². The molecule has 0 unspecified atom stereocenters. The van der Waals surface area contributed by atoms with E-state index in [1.165, 1.54) is 25.7 Å². The number of hydrogen-bond donors (Lipinski definition) is 1. The van der Waals surface area contributed by atoms with Crippen LogP contribution in [0.1, 0.15) is 66.2 Å². The monoisotopic (exact) mass is 377 g/mol. The maximum atomic E-state index is 6.12. The van der Waals surface area contributed by atoms with E-state index in [0.29, 0.717) is 5.69 Å². The highest BCUT2D eigenvalue weighted by molar-refractivity contribution is 7.22. The molecule has 0 fully saturated rings. The molecular weight excluding hydrogens is 344 g/mol. The number of thiazole rings is 1. The van der Waals surface area contributed by atoms with Gasteiger partial charge in [0, 0.05) is 19.2 Å². The summed E-state index contributed by atoms with van der Waals surface area (Å²) in [5.41, 5.74) is 7.29. The van der Waals surface area contributed by atoms with Crippen molar-refractivity contribution in [3.8, 4) is 5.75 Å². The van der Waals surface area contributed by atoms with Gasteiger partial charge in [-0.05, 0) is 36.9 Å². The largest absolute Gasteiger partial charge is 0.488 e. The molecule has 0 atom stereocenters. The number of ether oxygens (including phenoxy) is 1. The number of benzene rings is 1. The Morgan fingerprint density at radius 3 is 2.31 bits per heavy atom. The van der Waals surface area contributed by atoms with Crippen LogP contribution in [0.5, 0.6) is 5.75 Å². The lowest BCUT2D eigenvalue weighted by atomic mass is 10.2. The number of fused-ring (bicyclic) bond motifs is 1. The van der Waals surface area contributed by atoms with E-state index >= 15 is 0 Å². The van der Waals surface area contributed by atoms with Crippen molar-refractivity contribution in [1.82, 2.24) is 4.98 Å². The second-order valence-electron chi connectivity index (χ2n) is 6.66. The van der Waals surface area contributed by atoms with Crippen LogP contribution in [0.2, 0.25) is 0 Å². The number of nitrogens with zero attached hydrogens (tertiary/aromatic N) is 3. The van der Waals surface area contributed by atoms with E-state index in [9.17, 15) is 0 Å². The van der Waals surface area contributed by atoms with Gasteiger partial charge in [0.25, 0.3) is 0 Å². The Morgan fingerprint density at radius 2 is 1.77 bits per heavy atom. The summed E-state index contributed by atoms with van der Waals surface area (Å²) in [6.45, 7) is 10.8. The fraction of sp³-hybridized carbons (Fsp3) is 0.650. The molecule has 26 heavy (non-hydrogen) atoms. The predicted molar refractivity (Wildman–Crippen MR) is 111 cm³/mol. The normalized spacial score (nSPS) is 11.3. The quantitative estimate of drug-likeness (QED) is 0.523. The standard InChI is InChI=1S/C20H32N4OS/c1-5-9-11-24(12-10-6-2)20-22-17-13-18(25-15(7-3)8-4)16(23-21)14-19(17)26-20/h13-15,21H,5-12H2,1-4H3/p+1. The molecule has 6 heteroatoms. The minimum Gasteiger partial charge on any atom is -0.488 e. The summed E-state index contributed by atoms with van der Waals surface area (Å²) in [6.07, 6.45) is 6.86. The zero-order valence-electron chi connectivity index (χ0n) is 16.6. The fourth-order valence-electron chi connectivity index (χ4n) is 2.90. The molecule has 0 aliphatic rings. The second-order valence-corrected chi connectivity index (χ2v) is 7.67.